The quantitative estimate of drug-likeness (QED) is 0.399. The van der Waals surface area contributed by atoms with Crippen molar-refractivity contribution in [2.75, 3.05) is 0 Å². The van der Waals surface area contributed by atoms with E-state index < -0.39 is 0 Å². The maximum absolute atomic E-state index is 0. The first-order chi connectivity index (χ1) is 0. The summed E-state index contributed by atoms with van der Waals surface area (Å²) in [4.78, 5) is 0. The molecule has 5 heteroatoms. The summed E-state index contributed by atoms with van der Waals surface area (Å²) in [5.74, 6) is 0. The summed E-state index contributed by atoms with van der Waals surface area (Å²) < 4.78 is 0. The molecule has 5 heavy (non-hydrogen) atoms. The summed E-state index contributed by atoms with van der Waals surface area (Å²) in [7, 11) is 0. The normalized spacial score (nSPS) is 0. The van der Waals surface area contributed by atoms with Gasteiger partial charge in [-0.3, -0.25) is 0 Å². The van der Waals surface area contributed by atoms with Crippen LogP contribution in [0.1, 0.15) is 0 Å². The molecule has 36 valence electrons. The monoisotopic (exact) mass is 252 g/mol. The van der Waals surface area contributed by atoms with Gasteiger partial charge in [0.15, 0.2) is 0 Å². The summed E-state index contributed by atoms with van der Waals surface area (Å²) in [6.07, 6.45) is 0. The molecule has 0 bridgehead atoms. The third-order valence-corrected chi connectivity index (χ3v) is 0. The van der Waals surface area contributed by atoms with E-state index in [2.05, 4.69) is 0 Å². The van der Waals surface area contributed by atoms with Crippen molar-refractivity contribution in [2.24, 2.45) is 0 Å². The van der Waals surface area contributed by atoms with E-state index in [9.17, 15) is 0 Å². The molecule has 0 aliphatic rings. The van der Waals surface area contributed by atoms with Crippen molar-refractivity contribution in [1.82, 2.24) is 0 Å². The fourth-order valence-electron chi connectivity index (χ4n) is 0. The molecule has 0 aromatic carbocycles. The Morgan fingerprint density at radius 2 is 0.400 bits per heavy atom. The van der Waals surface area contributed by atoms with Gasteiger partial charge in [0, 0.05) is 25.8 Å². The predicted molar refractivity (Wildman–Crippen MR) is 14.5 cm³/mol. The van der Waals surface area contributed by atoms with Crippen LogP contribution in [0.2, 0.25) is 0 Å². The Balaban J connectivity index is 0. The van der Waals surface area contributed by atoms with Crippen LogP contribution in [0.25, 0.3) is 0 Å². The molecule has 0 spiro atoms. The minimum atomic E-state index is 0. The van der Waals surface area contributed by atoms with Gasteiger partial charge in [0.1, 0.15) is 0 Å². The second-order valence-corrected chi connectivity index (χ2v) is 0. The van der Waals surface area contributed by atoms with Crippen molar-refractivity contribution in [1.29, 1.82) is 0 Å². The van der Waals surface area contributed by atoms with Crippen LogP contribution in [-0.2, 0) is 25.8 Å². The SMILES string of the molecule is O.O.O.O.[Hf]. The van der Waals surface area contributed by atoms with Crippen molar-refractivity contribution in [2.45, 2.75) is 0 Å². The van der Waals surface area contributed by atoms with E-state index in [1.54, 1.807) is 0 Å². The second kappa shape index (κ2) is 129. The van der Waals surface area contributed by atoms with E-state index in [4.69, 9.17) is 0 Å². The molecule has 0 saturated heterocycles. The molecule has 0 atom stereocenters. The van der Waals surface area contributed by atoms with Crippen LogP contribution in [0.15, 0.2) is 0 Å². The zero-order valence-corrected chi connectivity index (χ0v) is 6.09. The standard InChI is InChI=1S/Hf.4H2O/h;4*1H2. The van der Waals surface area contributed by atoms with Gasteiger partial charge in [0.25, 0.3) is 0 Å². The second-order valence-electron chi connectivity index (χ2n) is 0. The first-order valence-electron chi connectivity index (χ1n) is 0. The summed E-state index contributed by atoms with van der Waals surface area (Å²) >= 11 is 0. The van der Waals surface area contributed by atoms with Crippen molar-refractivity contribution in [3.63, 3.8) is 0 Å². The zero-order chi connectivity index (χ0) is 0. The molecule has 0 amide bonds. The van der Waals surface area contributed by atoms with Crippen LogP contribution >= 0.6 is 0 Å². The van der Waals surface area contributed by atoms with E-state index in [0.29, 0.717) is 0 Å². The average Bonchev–Trinajstić information content (AvgIpc) is 0. The Morgan fingerprint density at radius 3 is 0.400 bits per heavy atom. The molecule has 4 nitrogen and oxygen atoms in total. The van der Waals surface area contributed by atoms with Crippen molar-refractivity contribution >= 4 is 0 Å². The molecule has 0 unspecified atom stereocenters. The van der Waals surface area contributed by atoms with Gasteiger partial charge in [-0.2, -0.15) is 0 Å². The fourth-order valence-corrected chi connectivity index (χ4v) is 0. The van der Waals surface area contributed by atoms with Crippen molar-refractivity contribution in [3.05, 3.63) is 0 Å². The van der Waals surface area contributed by atoms with Gasteiger partial charge in [-0.25, -0.2) is 0 Å². The Labute approximate surface area is 48.2 Å². The fraction of sp³-hybridized carbons (Fsp3) is 0. The maximum Gasteiger partial charge on any atom is 0 e. The van der Waals surface area contributed by atoms with E-state index in [1.807, 2.05) is 0 Å². The van der Waals surface area contributed by atoms with Gasteiger partial charge >= 0.3 is 0 Å². The van der Waals surface area contributed by atoms with Crippen LogP contribution < -0.4 is 0 Å². The summed E-state index contributed by atoms with van der Waals surface area (Å²) in [6.45, 7) is 0. The van der Waals surface area contributed by atoms with Crippen LogP contribution in [0.5, 0.6) is 0 Å². The Morgan fingerprint density at radius 1 is 0.400 bits per heavy atom. The first-order valence-corrected chi connectivity index (χ1v) is 0. The Bertz CT molecular complexity index is 3.61. The molecule has 0 aliphatic heterocycles. The van der Waals surface area contributed by atoms with Gasteiger partial charge in [0.2, 0.25) is 0 Å². The first kappa shape index (κ1) is 251. The average molecular weight is 251 g/mol. The maximum atomic E-state index is 0. The van der Waals surface area contributed by atoms with Crippen LogP contribution in [0.4, 0.5) is 0 Å². The Kier molecular flexibility index (Phi) is 6460. The van der Waals surface area contributed by atoms with Gasteiger partial charge in [0.05, 0.1) is 0 Å². The molecule has 0 aromatic rings. The smallest absolute Gasteiger partial charge is 0 e. The third kappa shape index (κ3) is 68.6. The number of rotatable bonds is 0. The topological polar surface area (TPSA) is 126 Å². The van der Waals surface area contributed by atoms with Gasteiger partial charge < -0.3 is 21.9 Å². The molecule has 8 N–H and O–H groups in total. The van der Waals surface area contributed by atoms with Crippen LogP contribution in [0.3, 0.4) is 0 Å². The molecular weight excluding hydrogens is 242 g/mol. The molecule has 0 heterocycles. The molecule has 0 saturated carbocycles. The zero-order valence-electron chi connectivity index (χ0n) is 2.50. The predicted octanol–water partition coefficient (Wildman–Crippen LogP) is -3.30. The molecule has 0 rings (SSSR count). The van der Waals surface area contributed by atoms with Gasteiger partial charge in [-0.05, 0) is 0 Å². The van der Waals surface area contributed by atoms with E-state index in [0.717, 1.165) is 0 Å². The van der Waals surface area contributed by atoms with Gasteiger partial charge in [-0.1, -0.05) is 0 Å². The number of hydrogen-bond donors (Lipinski definition) is 0. The number of hydrogen-bond acceptors (Lipinski definition) is 0. The molecule has 0 aliphatic carbocycles. The summed E-state index contributed by atoms with van der Waals surface area (Å²) in [5, 5.41) is 0. The van der Waals surface area contributed by atoms with Gasteiger partial charge in [-0.15, -0.1) is 0 Å². The third-order valence-electron chi connectivity index (χ3n) is 0. The van der Waals surface area contributed by atoms with Crippen LogP contribution in [-0.4, -0.2) is 21.9 Å². The summed E-state index contributed by atoms with van der Waals surface area (Å²) in [5.41, 5.74) is 0. The molecule has 0 radical (unpaired) electrons. The molecule has 0 aromatic heterocycles. The largest absolute Gasteiger partial charge is 0.412 e. The van der Waals surface area contributed by atoms with Crippen molar-refractivity contribution in [3.8, 4) is 0 Å². The van der Waals surface area contributed by atoms with E-state index >= 15 is 0 Å². The van der Waals surface area contributed by atoms with Crippen molar-refractivity contribution < 1.29 is 47.7 Å². The Hall–Kier alpha value is 0.710. The minimum Gasteiger partial charge on any atom is -0.412 e. The minimum absolute atomic E-state index is 0. The molecular formula is H8HfO4. The van der Waals surface area contributed by atoms with E-state index in [-0.39, 0.29) is 47.7 Å². The molecule has 0 fully saturated rings. The summed E-state index contributed by atoms with van der Waals surface area (Å²) in [6, 6.07) is 0. The van der Waals surface area contributed by atoms with E-state index in [1.165, 1.54) is 0 Å². The van der Waals surface area contributed by atoms with Crippen LogP contribution in [0, 0.1) is 0 Å².